The number of aryl methyl sites for hydroxylation is 1. The van der Waals surface area contributed by atoms with Gasteiger partial charge in [-0.25, -0.2) is 4.98 Å². The van der Waals surface area contributed by atoms with Gasteiger partial charge in [0.1, 0.15) is 0 Å². The van der Waals surface area contributed by atoms with Gasteiger partial charge in [-0.2, -0.15) is 0 Å². The number of hydrogen-bond acceptors (Lipinski definition) is 4. The number of hydrogen-bond donors (Lipinski definition) is 0. The second kappa shape index (κ2) is 8.84. The van der Waals surface area contributed by atoms with Crippen molar-refractivity contribution in [2.75, 3.05) is 6.61 Å². The third-order valence-electron chi connectivity index (χ3n) is 4.91. The number of rotatable bonds is 7. The SMILES string of the molecule is CCOCc1ccc(C)c(Cc2ncc(-c3ccc(-c4ccccn4)cc3)o2)c1. The van der Waals surface area contributed by atoms with E-state index in [1.165, 1.54) is 16.7 Å². The average Bonchev–Trinajstić information content (AvgIpc) is 3.23. The van der Waals surface area contributed by atoms with Crippen LogP contribution < -0.4 is 0 Å². The van der Waals surface area contributed by atoms with Gasteiger partial charge in [0.25, 0.3) is 0 Å². The number of nitrogens with zero attached hydrogens (tertiary/aromatic N) is 2. The molecule has 0 unspecified atom stereocenters. The molecule has 4 nitrogen and oxygen atoms in total. The minimum absolute atomic E-state index is 0.628. The van der Waals surface area contributed by atoms with E-state index in [0.29, 0.717) is 25.5 Å². The van der Waals surface area contributed by atoms with Crippen LogP contribution in [0.4, 0.5) is 0 Å². The van der Waals surface area contributed by atoms with Crippen LogP contribution in [0.25, 0.3) is 22.6 Å². The molecule has 146 valence electrons. The van der Waals surface area contributed by atoms with E-state index in [1.54, 1.807) is 12.4 Å². The summed E-state index contributed by atoms with van der Waals surface area (Å²) in [6, 6.07) is 20.5. The molecule has 0 saturated carbocycles. The minimum Gasteiger partial charge on any atom is -0.440 e. The maximum Gasteiger partial charge on any atom is 0.199 e. The van der Waals surface area contributed by atoms with Gasteiger partial charge in [0, 0.05) is 30.4 Å². The van der Waals surface area contributed by atoms with E-state index in [4.69, 9.17) is 9.15 Å². The van der Waals surface area contributed by atoms with Crippen LogP contribution in [0.1, 0.15) is 29.5 Å². The molecule has 29 heavy (non-hydrogen) atoms. The van der Waals surface area contributed by atoms with Crippen LogP contribution in [0.2, 0.25) is 0 Å². The number of pyridine rings is 1. The largest absolute Gasteiger partial charge is 0.440 e. The molecule has 2 aromatic carbocycles. The van der Waals surface area contributed by atoms with E-state index in [2.05, 4.69) is 47.2 Å². The van der Waals surface area contributed by atoms with Crippen molar-refractivity contribution in [1.29, 1.82) is 0 Å². The van der Waals surface area contributed by atoms with Crippen molar-refractivity contribution in [1.82, 2.24) is 9.97 Å². The Bertz CT molecular complexity index is 1070. The molecule has 4 rings (SSSR count). The molecule has 0 spiro atoms. The monoisotopic (exact) mass is 384 g/mol. The van der Waals surface area contributed by atoms with E-state index >= 15 is 0 Å². The fraction of sp³-hybridized carbons (Fsp3) is 0.200. The van der Waals surface area contributed by atoms with Crippen LogP contribution in [-0.4, -0.2) is 16.6 Å². The maximum absolute atomic E-state index is 6.04. The quantitative estimate of drug-likeness (QED) is 0.402. The van der Waals surface area contributed by atoms with Crippen molar-refractivity contribution in [3.63, 3.8) is 0 Å². The summed E-state index contributed by atoms with van der Waals surface area (Å²) in [7, 11) is 0. The Hall–Kier alpha value is -3.24. The highest BCUT2D eigenvalue weighted by molar-refractivity contribution is 5.65. The fourth-order valence-corrected chi connectivity index (χ4v) is 3.25. The van der Waals surface area contributed by atoms with Crippen LogP contribution in [0.15, 0.2) is 77.5 Å². The minimum atomic E-state index is 0.628. The lowest BCUT2D eigenvalue weighted by molar-refractivity contribution is 0.134. The molecule has 0 N–H and O–H groups in total. The summed E-state index contributed by atoms with van der Waals surface area (Å²) in [5, 5.41) is 0. The first-order valence-electron chi connectivity index (χ1n) is 9.85. The molecule has 4 aromatic rings. The Morgan fingerprint density at radius 3 is 2.52 bits per heavy atom. The summed E-state index contributed by atoms with van der Waals surface area (Å²) in [4.78, 5) is 8.88. The van der Waals surface area contributed by atoms with E-state index in [1.807, 2.05) is 37.3 Å². The first-order chi connectivity index (χ1) is 14.2. The number of ether oxygens (including phenoxy) is 1. The van der Waals surface area contributed by atoms with Gasteiger partial charge < -0.3 is 9.15 Å². The van der Waals surface area contributed by atoms with Crippen molar-refractivity contribution in [3.8, 4) is 22.6 Å². The highest BCUT2D eigenvalue weighted by Crippen LogP contribution is 2.25. The fourth-order valence-electron chi connectivity index (χ4n) is 3.25. The summed E-state index contributed by atoms with van der Waals surface area (Å²) in [5.41, 5.74) is 6.65. The van der Waals surface area contributed by atoms with Gasteiger partial charge in [0.15, 0.2) is 11.7 Å². The molecule has 0 aliphatic rings. The van der Waals surface area contributed by atoms with Gasteiger partial charge in [0.05, 0.1) is 18.5 Å². The Kier molecular flexibility index (Phi) is 5.82. The van der Waals surface area contributed by atoms with Gasteiger partial charge in [-0.3, -0.25) is 4.98 Å². The van der Waals surface area contributed by atoms with Crippen molar-refractivity contribution in [3.05, 3.63) is 95.6 Å². The predicted octanol–water partition coefficient (Wildman–Crippen LogP) is 5.84. The third-order valence-corrected chi connectivity index (χ3v) is 4.91. The highest BCUT2D eigenvalue weighted by atomic mass is 16.5. The van der Waals surface area contributed by atoms with Crippen molar-refractivity contribution in [2.24, 2.45) is 0 Å². The van der Waals surface area contributed by atoms with E-state index in [-0.39, 0.29) is 0 Å². The molecule has 2 aromatic heterocycles. The number of aromatic nitrogens is 2. The Morgan fingerprint density at radius 1 is 0.931 bits per heavy atom. The summed E-state index contributed by atoms with van der Waals surface area (Å²) < 4.78 is 11.6. The molecule has 0 radical (unpaired) electrons. The smallest absolute Gasteiger partial charge is 0.199 e. The lowest BCUT2D eigenvalue weighted by atomic mass is 10.0. The van der Waals surface area contributed by atoms with E-state index in [9.17, 15) is 0 Å². The van der Waals surface area contributed by atoms with Crippen LogP contribution in [0, 0.1) is 6.92 Å². The first-order valence-corrected chi connectivity index (χ1v) is 9.85. The standard InChI is InChI=1S/C25H24N2O2/c1-3-28-17-19-8-7-18(2)22(14-19)15-25-27-16-24(29-25)21-11-9-20(10-12-21)23-6-4-5-13-26-23/h4-14,16H,3,15,17H2,1-2H3. The van der Waals surface area contributed by atoms with Crippen molar-refractivity contribution >= 4 is 0 Å². The summed E-state index contributed by atoms with van der Waals surface area (Å²) in [6.45, 7) is 5.46. The first kappa shape index (κ1) is 19.1. The Balaban J connectivity index is 1.50. The Labute approximate surface area is 171 Å². The van der Waals surface area contributed by atoms with Crippen LogP contribution in [-0.2, 0) is 17.8 Å². The molecule has 0 amide bonds. The summed E-state index contributed by atoms with van der Waals surface area (Å²) >= 11 is 0. The number of benzene rings is 2. The molecule has 0 aliphatic heterocycles. The van der Waals surface area contributed by atoms with E-state index < -0.39 is 0 Å². The molecule has 4 heteroatoms. The topological polar surface area (TPSA) is 48.2 Å². The lowest BCUT2D eigenvalue weighted by Crippen LogP contribution is -1.97. The molecular formula is C25H24N2O2. The molecule has 2 heterocycles. The predicted molar refractivity (Wildman–Crippen MR) is 114 cm³/mol. The second-order valence-electron chi connectivity index (χ2n) is 6.99. The maximum atomic E-state index is 6.04. The van der Waals surface area contributed by atoms with Gasteiger partial charge in [-0.15, -0.1) is 0 Å². The molecule has 0 bridgehead atoms. The average molecular weight is 384 g/mol. The van der Waals surface area contributed by atoms with E-state index in [0.717, 1.165) is 22.6 Å². The van der Waals surface area contributed by atoms with Gasteiger partial charge >= 0.3 is 0 Å². The van der Waals surface area contributed by atoms with Crippen LogP contribution in [0.3, 0.4) is 0 Å². The zero-order valence-corrected chi connectivity index (χ0v) is 16.8. The normalized spacial score (nSPS) is 11.0. The number of oxazole rings is 1. The van der Waals surface area contributed by atoms with Crippen LogP contribution >= 0.6 is 0 Å². The van der Waals surface area contributed by atoms with Crippen LogP contribution in [0.5, 0.6) is 0 Å². The molecule has 0 atom stereocenters. The molecular weight excluding hydrogens is 360 g/mol. The summed E-state index contributed by atoms with van der Waals surface area (Å²) in [5.74, 6) is 1.49. The lowest BCUT2D eigenvalue weighted by Gasteiger charge is -2.08. The van der Waals surface area contributed by atoms with Gasteiger partial charge in [-0.1, -0.05) is 48.5 Å². The highest BCUT2D eigenvalue weighted by Gasteiger charge is 2.10. The van der Waals surface area contributed by atoms with Gasteiger partial charge in [0.2, 0.25) is 0 Å². The molecule has 0 aliphatic carbocycles. The summed E-state index contributed by atoms with van der Waals surface area (Å²) in [6.07, 6.45) is 4.26. The molecule has 0 fully saturated rings. The van der Waals surface area contributed by atoms with Gasteiger partial charge in [-0.05, 0) is 42.7 Å². The third kappa shape index (κ3) is 4.61. The van der Waals surface area contributed by atoms with Crippen molar-refractivity contribution in [2.45, 2.75) is 26.9 Å². The zero-order valence-electron chi connectivity index (χ0n) is 16.8. The zero-order chi connectivity index (χ0) is 20.1. The Morgan fingerprint density at radius 2 is 1.76 bits per heavy atom. The van der Waals surface area contributed by atoms with Crippen molar-refractivity contribution < 1.29 is 9.15 Å². The second-order valence-corrected chi connectivity index (χ2v) is 6.99. The molecule has 0 saturated heterocycles.